The number of likely N-dealkylation sites (N-methyl/N-ethyl adjacent to an activating group) is 1. The Kier molecular flexibility index (Phi) is 4.67. The number of ether oxygens (including phenoxy) is 1. The van der Waals surface area contributed by atoms with Gasteiger partial charge in [-0.3, -0.25) is 9.59 Å². The van der Waals surface area contributed by atoms with Gasteiger partial charge in [0.2, 0.25) is 5.91 Å². The molecule has 3 atom stereocenters. The summed E-state index contributed by atoms with van der Waals surface area (Å²) in [6, 6.07) is 5.46. The van der Waals surface area contributed by atoms with Crippen molar-refractivity contribution in [2.75, 3.05) is 33.3 Å². The number of rotatable bonds is 3. The maximum Gasteiger partial charge on any atom is 0.251 e. The van der Waals surface area contributed by atoms with Crippen LogP contribution in [-0.4, -0.2) is 67.0 Å². The van der Waals surface area contributed by atoms with Crippen LogP contribution in [0.15, 0.2) is 24.3 Å². The van der Waals surface area contributed by atoms with Crippen molar-refractivity contribution in [1.29, 1.82) is 0 Å². The van der Waals surface area contributed by atoms with Crippen molar-refractivity contribution in [2.45, 2.75) is 31.0 Å². The standard InChI is InChI=1S/C19H24FN3O3/c1-22-16(24)11-26-18(17(22)13-2-4-14(20)5-3-13)19(25)21-15-10-23-8-6-12(15)7-9-23/h2-5,12,15,17-18H,6-11H2,1H3,(H,21,25). The van der Waals surface area contributed by atoms with Crippen molar-refractivity contribution < 1.29 is 18.7 Å². The zero-order valence-corrected chi connectivity index (χ0v) is 14.9. The lowest BCUT2D eigenvalue weighted by molar-refractivity contribution is -0.163. The number of fused-ring (bicyclic) bond motifs is 3. The highest BCUT2D eigenvalue weighted by atomic mass is 19.1. The van der Waals surface area contributed by atoms with E-state index in [4.69, 9.17) is 4.74 Å². The van der Waals surface area contributed by atoms with Gasteiger partial charge in [-0.15, -0.1) is 0 Å². The average molecular weight is 361 g/mol. The van der Waals surface area contributed by atoms with Gasteiger partial charge in [-0.25, -0.2) is 4.39 Å². The Morgan fingerprint density at radius 3 is 2.54 bits per heavy atom. The smallest absolute Gasteiger partial charge is 0.251 e. The van der Waals surface area contributed by atoms with Gasteiger partial charge in [0.1, 0.15) is 12.4 Å². The second kappa shape index (κ2) is 6.96. The van der Waals surface area contributed by atoms with E-state index in [9.17, 15) is 14.0 Å². The fourth-order valence-corrected chi connectivity index (χ4v) is 4.38. The number of amides is 2. The number of halogens is 1. The van der Waals surface area contributed by atoms with Gasteiger partial charge in [0, 0.05) is 19.6 Å². The molecule has 4 aliphatic rings. The molecule has 140 valence electrons. The normalized spacial score (nSPS) is 34.0. The van der Waals surface area contributed by atoms with E-state index in [1.54, 1.807) is 19.2 Å². The summed E-state index contributed by atoms with van der Waals surface area (Å²) >= 11 is 0. The Labute approximate surface area is 152 Å². The summed E-state index contributed by atoms with van der Waals surface area (Å²) in [4.78, 5) is 29.0. The van der Waals surface area contributed by atoms with Crippen LogP contribution in [0.4, 0.5) is 4.39 Å². The maximum absolute atomic E-state index is 13.3. The summed E-state index contributed by atoms with van der Waals surface area (Å²) in [6.07, 6.45) is 1.42. The minimum atomic E-state index is -0.793. The molecule has 5 rings (SSSR count). The molecule has 6 nitrogen and oxygen atoms in total. The lowest BCUT2D eigenvalue weighted by atomic mass is 9.84. The second-order valence-corrected chi connectivity index (χ2v) is 7.49. The number of nitrogens with one attached hydrogen (secondary N) is 1. The largest absolute Gasteiger partial charge is 0.356 e. The van der Waals surface area contributed by atoms with E-state index in [1.165, 1.54) is 17.0 Å². The molecule has 0 saturated carbocycles. The van der Waals surface area contributed by atoms with Gasteiger partial charge < -0.3 is 19.9 Å². The number of carbonyl (C=O) groups is 2. The highest BCUT2D eigenvalue weighted by molar-refractivity contribution is 5.86. The fraction of sp³-hybridized carbons (Fsp3) is 0.579. The highest BCUT2D eigenvalue weighted by Crippen LogP contribution is 2.31. The van der Waals surface area contributed by atoms with E-state index >= 15 is 0 Å². The first kappa shape index (κ1) is 17.4. The monoisotopic (exact) mass is 361 g/mol. The summed E-state index contributed by atoms with van der Waals surface area (Å²) < 4.78 is 18.9. The van der Waals surface area contributed by atoms with Gasteiger partial charge in [-0.05, 0) is 49.5 Å². The lowest BCUT2D eigenvalue weighted by Crippen LogP contribution is -2.60. The molecule has 3 unspecified atom stereocenters. The maximum atomic E-state index is 13.3. The van der Waals surface area contributed by atoms with E-state index in [1.807, 2.05) is 0 Å². The van der Waals surface area contributed by atoms with Gasteiger partial charge in [0.15, 0.2) is 6.10 Å². The Bertz CT molecular complexity index is 688. The molecule has 1 aromatic carbocycles. The van der Waals surface area contributed by atoms with Crippen LogP contribution in [0.1, 0.15) is 24.4 Å². The summed E-state index contributed by atoms with van der Waals surface area (Å²) in [5.41, 5.74) is 0.691. The molecule has 1 aromatic rings. The van der Waals surface area contributed by atoms with Crippen LogP contribution in [-0.2, 0) is 14.3 Å². The fourth-order valence-electron chi connectivity index (χ4n) is 4.38. The zero-order valence-electron chi connectivity index (χ0n) is 14.9. The first-order valence-corrected chi connectivity index (χ1v) is 9.18. The van der Waals surface area contributed by atoms with Crippen molar-refractivity contribution >= 4 is 11.8 Å². The molecule has 0 aromatic heterocycles. The molecule has 26 heavy (non-hydrogen) atoms. The molecule has 2 amide bonds. The van der Waals surface area contributed by atoms with Crippen LogP contribution in [0.5, 0.6) is 0 Å². The molecule has 0 radical (unpaired) electrons. The predicted octanol–water partition coefficient (Wildman–Crippen LogP) is 0.934. The summed E-state index contributed by atoms with van der Waals surface area (Å²) in [5, 5.41) is 3.15. The van der Waals surface area contributed by atoms with E-state index < -0.39 is 12.1 Å². The number of nitrogens with zero attached hydrogens (tertiary/aromatic N) is 2. The predicted molar refractivity (Wildman–Crippen MR) is 92.7 cm³/mol. The van der Waals surface area contributed by atoms with Crippen LogP contribution in [0, 0.1) is 11.7 Å². The van der Waals surface area contributed by atoms with Crippen molar-refractivity contribution in [1.82, 2.24) is 15.1 Å². The first-order valence-electron chi connectivity index (χ1n) is 9.18. The Hall–Kier alpha value is -1.99. The number of carbonyl (C=O) groups excluding carboxylic acids is 2. The van der Waals surface area contributed by atoms with E-state index in [0.29, 0.717) is 11.5 Å². The van der Waals surface area contributed by atoms with Gasteiger partial charge in [-0.1, -0.05) is 12.1 Å². The highest BCUT2D eigenvalue weighted by Gasteiger charge is 2.42. The minimum absolute atomic E-state index is 0.119. The number of piperidine rings is 3. The molecular weight excluding hydrogens is 337 g/mol. The summed E-state index contributed by atoms with van der Waals surface area (Å²) in [6.45, 7) is 2.96. The molecule has 1 N–H and O–H groups in total. The second-order valence-electron chi connectivity index (χ2n) is 7.49. The van der Waals surface area contributed by atoms with E-state index in [0.717, 1.165) is 32.5 Å². The minimum Gasteiger partial charge on any atom is -0.356 e. The van der Waals surface area contributed by atoms with E-state index in [2.05, 4.69) is 10.2 Å². The van der Waals surface area contributed by atoms with Crippen LogP contribution in [0.3, 0.4) is 0 Å². The molecule has 4 aliphatic heterocycles. The van der Waals surface area contributed by atoms with Crippen molar-refractivity contribution in [3.05, 3.63) is 35.6 Å². The molecule has 4 saturated heterocycles. The summed E-state index contributed by atoms with van der Waals surface area (Å²) in [7, 11) is 1.66. The van der Waals surface area contributed by atoms with Crippen LogP contribution < -0.4 is 5.32 Å². The number of benzene rings is 1. The molecule has 2 bridgehead atoms. The molecule has 7 heteroatoms. The van der Waals surface area contributed by atoms with E-state index in [-0.39, 0.29) is 30.3 Å². The Balaban J connectivity index is 1.53. The van der Waals surface area contributed by atoms with Crippen LogP contribution >= 0.6 is 0 Å². The molecular formula is C19H24FN3O3. The quantitative estimate of drug-likeness (QED) is 0.870. The number of hydrogen-bond acceptors (Lipinski definition) is 4. The van der Waals surface area contributed by atoms with Crippen LogP contribution in [0.25, 0.3) is 0 Å². The first-order chi connectivity index (χ1) is 12.5. The molecule has 4 fully saturated rings. The average Bonchev–Trinajstić information content (AvgIpc) is 2.65. The molecule has 0 aliphatic carbocycles. The van der Waals surface area contributed by atoms with Gasteiger partial charge in [0.05, 0.1) is 6.04 Å². The third kappa shape index (κ3) is 3.21. The molecule has 0 spiro atoms. The van der Waals surface area contributed by atoms with Gasteiger partial charge in [-0.2, -0.15) is 0 Å². The number of hydrogen-bond donors (Lipinski definition) is 1. The van der Waals surface area contributed by atoms with Crippen molar-refractivity contribution in [3.63, 3.8) is 0 Å². The SMILES string of the molecule is CN1C(=O)COC(C(=O)NC2CN3CCC2CC3)C1c1ccc(F)cc1. The van der Waals surface area contributed by atoms with Gasteiger partial charge in [0.25, 0.3) is 5.91 Å². The van der Waals surface area contributed by atoms with Crippen molar-refractivity contribution in [3.8, 4) is 0 Å². The summed E-state index contributed by atoms with van der Waals surface area (Å²) in [5.74, 6) is -0.229. The van der Waals surface area contributed by atoms with Gasteiger partial charge >= 0.3 is 0 Å². The van der Waals surface area contributed by atoms with Crippen LogP contribution in [0.2, 0.25) is 0 Å². The Morgan fingerprint density at radius 2 is 1.92 bits per heavy atom. The topological polar surface area (TPSA) is 61.9 Å². The molecule has 4 heterocycles. The third-order valence-corrected chi connectivity index (χ3v) is 5.94. The zero-order chi connectivity index (χ0) is 18.3. The third-order valence-electron chi connectivity index (χ3n) is 5.94. The lowest BCUT2D eigenvalue weighted by Gasteiger charge is -2.46. The van der Waals surface area contributed by atoms with Crippen molar-refractivity contribution in [2.24, 2.45) is 5.92 Å². The Morgan fingerprint density at radius 1 is 1.23 bits per heavy atom. The number of morpholine rings is 1.